The van der Waals surface area contributed by atoms with Crippen molar-refractivity contribution in [3.8, 4) is 5.75 Å². The summed E-state index contributed by atoms with van der Waals surface area (Å²) in [7, 11) is 1.52. The maximum Gasteiger partial charge on any atom is 0.255 e. The molecule has 0 aliphatic carbocycles. The van der Waals surface area contributed by atoms with Crippen molar-refractivity contribution in [2.75, 3.05) is 13.7 Å². The summed E-state index contributed by atoms with van der Waals surface area (Å²) < 4.78 is 5.13. The van der Waals surface area contributed by atoms with Crippen molar-refractivity contribution in [2.45, 2.75) is 6.10 Å². The lowest BCUT2D eigenvalue weighted by Gasteiger charge is -2.13. The SMILES string of the molecule is COc1ccccc1C(=O)NC[C@@H](O)c1ccccc1. The van der Waals surface area contributed by atoms with Crippen molar-refractivity contribution in [3.63, 3.8) is 0 Å². The molecule has 2 aromatic rings. The molecule has 1 atom stereocenters. The van der Waals surface area contributed by atoms with Crippen LogP contribution in [0.4, 0.5) is 0 Å². The number of ether oxygens (including phenoxy) is 1. The zero-order chi connectivity index (χ0) is 14.4. The Hall–Kier alpha value is -2.33. The summed E-state index contributed by atoms with van der Waals surface area (Å²) in [4.78, 5) is 12.1. The molecule has 4 nitrogen and oxygen atoms in total. The summed E-state index contributed by atoms with van der Waals surface area (Å²) in [5.41, 5.74) is 1.23. The van der Waals surface area contributed by atoms with Crippen molar-refractivity contribution < 1.29 is 14.6 Å². The Morgan fingerprint density at radius 3 is 2.50 bits per heavy atom. The molecule has 0 bridgehead atoms. The van der Waals surface area contributed by atoms with Crippen molar-refractivity contribution >= 4 is 5.91 Å². The molecule has 0 saturated carbocycles. The standard InChI is InChI=1S/C16H17NO3/c1-20-15-10-6-5-9-13(15)16(19)17-11-14(18)12-7-3-2-4-8-12/h2-10,14,18H,11H2,1H3,(H,17,19)/t14-/m1/s1. The van der Waals surface area contributed by atoms with E-state index in [-0.39, 0.29) is 12.5 Å². The highest BCUT2D eigenvalue weighted by Gasteiger charge is 2.13. The van der Waals surface area contributed by atoms with E-state index in [2.05, 4.69) is 5.32 Å². The number of para-hydroxylation sites is 1. The highest BCUT2D eigenvalue weighted by Crippen LogP contribution is 2.17. The fraction of sp³-hybridized carbons (Fsp3) is 0.188. The molecular weight excluding hydrogens is 254 g/mol. The van der Waals surface area contributed by atoms with Gasteiger partial charge in [0.1, 0.15) is 5.75 Å². The number of aliphatic hydroxyl groups excluding tert-OH is 1. The second kappa shape index (κ2) is 6.73. The minimum atomic E-state index is -0.727. The van der Waals surface area contributed by atoms with Crippen molar-refractivity contribution in [1.82, 2.24) is 5.32 Å². The first-order chi connectivity index (χ1) is 9.72. The van der Waals surface area contributed by atoms with E-state index in [4.69, 9.17) is 4.74 Å². The molecule has 2 rings (SSSR count). The van der Waals surface area contributed by atoms with Crippen LogP contribution < -0.4 is 10.1 Å². The summed E-state index contributed by atoms with van der Waals surface area (Å²) in [6, 6.07) is 16.2. The Morgan fingerprint density at radius 2 is 1.80 bits per heavy atom. The quantitative estimate of drug-likeness (QED) is 0.876. The second-order valence-corrected chi connectivity index (χ2v) is 4.34. The van der Waals surface area contributed by atoms with Crippen LogP contribution in [0.2, 0.25) is 0 Å². The summed E-state index contributed by atoms with van der Waals surface area (Å²) in [5.74, 6) is 0.247. The number of hydrogen-bond donors (Lipinski definition) is 2. The highest BCUT2D eigenvalue weighted by atomic mass is 16.5. The van der Waals surface area contributed by atoms with Crippen LogP contribution >= 0.6 is 0 Å². The maximum atomic E-state index is 12.1. The van der Waals surface area contributed by atoms with Crippen LogP contribution in [0.25, 0.3) is 0 Å². The molecule has 0 saturated heterocycles. The summed E-state index contributed by atoms with van der Waals surface area (Å²) >= 11 is 0. The summed E-state index contributed by atoms with van der Waals surface area (Å²) in [6.07, 6.45) is -0.727. The second-order valence-electron chi connectivity index (χ2n) is 4.34. The van der Waals surface area contributed by atoms with Gasteiger partial charge in [0, 0.05) is 6.54 Å². The van der Waals surface area contributed by atoms with Gasteiger partial charge >= 0.3 is 0 Å². The first kappa shape index (κ1) is 14.1. The molecule has 20 heavy (non-hydrogen) atoms. The van der Waals surface area contributed by atoms with Gasteiger partial charge in [-0.05, 0) is 17.7 Å². The van der Waals surface area contributed by atoms with Crippen LogP contribution in [0.3, 0.4) is 0 Å². The molecule has 0 aromatic heterocycles. The topological polar surface area (TPSA) is 58.6 Å². The molecule has 4 heteroatoms. The van der Waals surface area contributed by atoms with E-state index in [1.54, 1.807) is 24.3 Å². The lowest BCUT2D eigenvalue weighted by molar-refractivity contribution is 0.0913. The van der Waals surface area contributed by atoms with Crippen LogP contribution in [0.15, 0.2) is 54.6 Å². The van der Waals surface area contributed by atoms with E-state index in [9.17, 15) is 9.90 Å². The van der Waals surface area contributed by atoms with Gasteiger partial charge in [-0.1, -0.05) is 42.5 Å². The predicted octanol–water partition coefficient (Wildman–Crippen LogP) is 2.16. The Labute approximate surface area is 118 Å². The van der Waals surface area contributed by atoms with Gasteiger partial charge in [-0.25, -0.2) is 0 Å². The molecule has 0 radical (unpaired) electrons. The Kier molecular flexibility index (Phi) is 4.74. The third kappa shape index (κ3) is 3.36. The third-order valence-electron chi connectivity index (χ3n) is 2.99. The average molecular weight is 271 g/mol. The Balaban J connectivity index is 1.99. The third-order valence-corrected chi connectivity index (χ3v) is 2.99. The van der Waals surface area contributed by atoms with Crippen LogP contribution in [0.1, 0.15) is 22.0 Å². The predicted molar refractivity (Wildman–Crippen MR) is 76.7 cm³/mol. The molecule has 1 amide bonds. The van der Waals surface area contributed by atoms with Gasteiger partial charge in [0.05, 0.1) is 18.8 Å². The smallest absolute Gasteiger partial charge is 0.255 e. The lowest BCUT2D eigenvalue weighted by atomic mass is 10.1. The number of carbonyl (C=O) groups is 1. The molecule has 0 spiro atoms. The molecule has 0 fully saturated rings. The average Bonchev–Trinajstić information content (AvgIpc) is 2.53. The molecule has 0 aliphatic heterocycles. The Bertz CT molecular complexity index is 569. The minimum Gasteiger partial charge on any atom is -0.496 e. The van der Waals surface area contributed by atoms with Gasteiger partial charge in [0.2, 0.25) is 0 Å². The molecule has 104 valence electrons. The van der Waals surface area contributed by atoms with Crippen molar-refractivity contribution in [3.05, 3.63) is 65.7 Å². The van der Waals surface area contributed by atoms with E-state index < -0.39 is 6.10 Å². The molecule has 0 unspecified atom stereocenters. The first-order valence-corrected chi connectivity index (χ1v) is 6.36. The molecule has 2 N–H and O–H groups in total. The van der Waals surface area contributed by atoms with Crippen LogP contribution in [0.5, 0.6) is 5.75 Å². The molecule has 0 heterocycles. The van der Waals surface area contributed by atoms with Crippen molar-refractivity contribution in [2.24, 2.45) is 0 Å². The maximum absolute atomic E-state index is 12.1. The van der Waals surface area contributed by atoms with E-state index >= 15 is 0 Å². The largest absolute Gasteiger partial charge is 0.496 e. The first-order valence-electron chi connectivity index (χ1n) is 6.36. The van der Waals surface area contributed by atoms with E-state index in [0.717, 1.165) is 5.56 Å². The molecular formula is C16H17NO3. The Morgan fingerprint density at radius 1 is 1.15 bits per heavy atom. The highest BCUT2D eigenvalue weighted by molar-refractivity contribution is 5.96. The zero-order valence-electron chi connectivity index (χ0n) is 11.2. The van der Waals surface area contributed by atoms with E-state index in [1.807, 2.05) is 30.3 Å². The zero-order valence-corrected chi connectivity index (χ0v) is 11.2. The number of aliphatic hydroxyl groups is 1. The van der Waals surface area contributed by atoms with Gasteiger partial charge in [0.15, 0.2) is 0 Å². The molecule has 0 aliphatic rings. The number of carbonyl (C=O) groups excluding carboxylic acids is 1. The number of benzene rings is 2. The monoisotopic (exact) mass is 271 g/mol. The lowest BCUT2D eigenvalue weighted by Crippen LogP contribution is -2.28. The summed E-state index contributed by atoms with van der Waals surface area (Å²) in [6.45, 7) is 0.154. The number of rotatable bonds is 5. The normalized spacial score (nSPS) is 11.7. The van der Waals surface area contributed by atoms with Crippen LogP contribution in [-0.4, -0.2) is 24.7 Å². The number of nitrogens with one attached hydrogen (secondary N) is 1. The minimum absolute atomic E-state index is 0.154. The molecule has 2 aromatic carbocycles. The van der Waals surface area contributed by atoms with Crippen molar-refractivity contribution in [1.29, 1.82) is 0 Å². The summed E-state index contributed by atoms with van der Waals surface area (Å²) in [5, 5.41) is 12.7. The number of methoxy groups -OCH3 is 1. The van der Waals surface area contributed by atoms with Gasteiger partial charge < -0.3 is 15.2 Å². The van der Waals surface area contributed by atoms with Gasteiger partial charge in [-0.3, -0.25) is 4.79 Å². The fourth-order valence-electron chi connectivity index (χ4n) is 1.91. The van der Waals surface area contributed by atoms with Crippen LogP contribution in [-0.2, 0) is 0 Å². The van der Waals surface area contributed by atoms with E-state index in [0.29, 0.717) is 11.3 Å². The fourth-order valence-corrected chi connectivity index (χ4v) is 1.91. The van der Waals surface area contributed by atoms with Gasteiger partial charge in [-0.2, -0.15) is 0 Å². The number of amides is 1. The van der Waals surface area contributed by atoms with E-state index in [1.165, 1.54) is 7.11 Å². The van der Waals surface area contributed by atoms with Gasteiger partial charge in [0.25, 0.3) is 5.91 Å². The number of hydrogen-bond acceptors (Lipinski definition) is 3. The van der Waals surface area contributed by atoms with Crippen LogP contribution in [0, 0.1) is 0 Å². The van der Waals surface area contributed by atoms with Gasteiger partial charge in [-0.15, -0.1) is 0 Å².